The van der Waals surface area contributed by atoms with E-state index in [9.17, 15) is 18.8 Å². The Labute approximate surface area is 188 Å². The van der Waals surface area contributed by atoms with E-state index in [4.69, 9.17) is 14.2 Å². The fourth-order valence-electron chi connectivity index (χ4n) is 2.78. The van der Waals surface area contributed by atoms with Gasteiger partial charge in [0.2, 0.25) is 0 Å². The van der Waals surface area contributed by atoms with Crippen LogP contribution in [0.4, 0.5) is 9.18 Å². The number of benzene rings is 2. The minimum atomic E-state index is -0.701. The summed E-state index contributed by atoms with van der Waals surface area (Å²) in [6.07, 6.45) is -0.669. The van der Waals surface area contributed by atoms with Crippen molar-refractivity contribution in [3.63, 3.8) is 0 Å². The fraction of sp³-hybridized carbons (Fsp3) is 0.318. The summed E-state index contributed by atoms with van der Waals surface area (Å²) in [7, 11) is 2.46. The lowest BCUT2D eigenvalue weighted by Gasteiger charge is -2.20. The molecule has 1 N–H and O–H groups in total. The first-order valence-corrected chi connectivity index (χ1v) is 10.0. The Bertz CT molecular complexity index is 1020. The van der Waals surface area contributed by atoms with Crippen molar-refractivity contribution in [2.24, 2.45) is 0 Å². The van der Waals surface area contributed by atoms with Gasteiger partial charge in [0, 0.05) is 6.54 Å². The third kappa shape index (κ3) is 6.27. The predicted octanol–water partition coefficient (Wildman–Crippen LogP) is 4.85. The molecule has 2 aromatic rings. The number of ether oxygens (including phenoxy) is 3. The maximum Gasteiger partial charge on any atom is 0.407 e. The van der Waals surface area contributed by atoms with Gasteiger partial charge in [-0.05, 0) is 77.7 Å². The SMILES string of the molecule is COC(=O)c1ccc(-c2cc(F)c(Br)cc2C(=O)OC)c(CNC(=O)OC(C)(C)C)c1. The van der Waals surface area contributed by atoms with Gasteiger partial charge >= 0.3 is 18.0 Å². The van der Waals surface area contributed by atoms with Gasteiger partial charge in [0.05, 0.1) is 29.8 Å². The Morgan fingerprint density at radius 2 is 1.65 bits per heavy atom. The Morgan fingerprint density at radius 3 is 2.23 bits per heavy atom. The number of methoxy groups -OCH3 is 2. The molecule has 0 aromatic heterocycles. The summed E-state index contributed by atoms with van der Waals surface area (Å²) in [5, 5.41) is 2.61. The van der Waals surface area contributed by atoms with E-state index in [-0.39, 0.29) is 27.7 Å². The van der Waals surface area contributed by atoms with Crippen molar-refractivity contribution in [3.8, 4) is 11.1 Å². The second-order valence-electron chi connectivity index (χ2n) is 7.52. The molecule has 0 aliphatic carbocycles. The first-order chi connectivity index (χ1) is 14.5. The summed E-state index contributed by atoms with van der Waals surface area (Å²) in [4.78, 5) is 36.4. The van der Waals surface area contributed by atoms with Crippen LogP contribution in [0.2, 0.25) is 0 Å². The van der Waals surface area contributed by atoms with Gasteiger partial charge in [0.15, 0.2) is 0 Å². The molecule has 2 rings (SSSR count). The third-order valence-corrected chi connectivity index (χ3v) is 4.71. The number of amides is 1. The van der Waals surface area contributed by atoms with Gasteiger partial charge in [-0.2, -0.15) is 0 Å². The van der Waals surface area contributed by atoms with Crippen LogP contribution in [0.15, 0.2) is 34.8 Å². The second kappa shape index (κ2) is 9.91. The van der Waals surface area contributed by atoms with Crippen LogP contribution in [0.5, 0.6) is 0 Å². The number of nitrogens with one attached hydrogen (secondary N) is 1. The number of carbonyl (C=O) groups excluding carboxylic acids is 3. The van der Waals surface area contributed by atoms with E-state index >= 15 is 0 Å². The van der Waals surface area contributed by atoms with Crippen LogP contribution in [0.1, 0.15) is 47.1 Å². The van der Waals surface area contributed by atoms with Gasteiger partial charge in [0.25, 0.3) is 0 Å². The molecule has 31 heavy (non-hydrogen) atoms. The number of esters is 2. The maximum atomic E-state index is 14.3. The highest BCUT2D eigenvalue weighted by molar-refractivity contribution is 9.10. The van der Waals surface area contributed by atoms with Gasteiger partial charge in [0.1, 0.15) is 11.4 Å². The smallest absolute Gasteiger partial charge is 0.407 e. The zero-order valence-corrected chi connectivity index (χ0v) is 19.4. The van der Waals surface area contributed by atoms with E-state index in [2.05, 4.69) is 21.2 Å². The zero-order valence-electron chi connectivity index (χ0n) is 17.8. The van der Waals surface area contributed by atoms with E-state index in [1.54, 1.807) is 26.8 Å². The van der Waals surface area contributed by atoms with Crippen LogP contribution in [-0.4, -0.2) is 37.9 Å². The monoisotopic (exact) mass is 495 g/mol. The molecule has 0 aliphatic rings. The molecule has 0 saturated heterocycles. The largest absolute Gasteiger partial charge is 0.465 e. The van der Waals surface area contributed by atoms with Gasteiger partial charge in [-0.3, -0.25) is 0 Å². The molecule has 0 atom stereocenters. The molecule has 7 nitrogen and oxygen atoms in total. The summed E-state index contributed by atoms with van der Waals surface area (Å²) in [5.41, 5.74) is 0.749. The molecule has 0 radical (unpaired) electrons. The quantitative estimate of drug-likeness (QED) is 0.470. The van der Waals surface area contributed by atoms with Crippen LogP contribution in [0.3, 0.4) is 0 Å². The number of carbonyl (C=O) groups is 3. The molecule has 1 amide bonds. The first kappa shape index (κ1) is 24.3. The Hall–Kier alpha value is -2.94. The molecule has 0 spiro atoms. The van der Waals surface area contributed by atoms with Crippen LogP contribution >= 0.6 is 15.9 Å². The Balaban J connectivity index is 2.57. The zero-order chi connectivity index (χ0) is 23.3. The average molecular weight is 496 g/mol. The molecule has 0 saturated carbocycles. The van der Waals surface area contributed by atoms with Gasteiger partial charge in [-0.15, -0.1) is 0 Å². The molecule has 166 valence electrons. The van der Waals surface area contributed by atoms with Crippen molar-refractivity contribution in [2.45, 2.75) is 32.9 Å². The van der Waals surface area contributed by atoms with Gasteiger partial charge in [-0.1, -0.05) is 6.07 Å². The lowest BCUT2D eigenvalue weighted by Crippen LogP contribution is -2.32. The van der Waals surface area contributed by atoms with Crippen molar-refractivity contribution in [2.75, 3.05) is 14.2 Å². The molecule has 0 heterocycles. The van der Waals surface area contributed by atoms with Crippen molar-refractivity contribution in [3.05, 3.63) is 57.3 Å². The summed E-state index contributed by atoms with van der Waals surface area (Å²) in [5.74, 6) is -1.84. The molecular weight excluding hydrogens is 473 g/mol. The molecule has 0 bridgehead atoms. The highest BCUT2D eigenvalue weighted by Crippen LogP contribution is 2.32. The first-order valence-electron chi connectivity index (χ1n) is 9.22. The third-order valence-electron chi connectivity index (χ3n) is 4.10. The van der Waals surface area contributed by atoms with Gasteiger partial charge < -0.3 is 19.5 Å². The molecular formula is C22H23BrFNO6. The van der Waals surface area contributed by atoms with Crippen molar-refractivity contribution in [1.29, 1.82) is 0 Å². The molecule has 2 aromatic carbocycles. The Morgan fingerprint density at radius 1 is 1.00 bits per heavy atom. The van der Waals surface area contributed by atoms with E-state index in [0.29, 0.717) is 11.1 Å². The molecule has 0 aliphatic heterocycles. The Kier molecular flexibility index (Phi) is 7.78. The lowest BCUT2D eigenvalue weighted by atomic mass is 9.93. The highest BCUT2D eigenvalue weighted by atomic mass is 79.9. The lowest BCUT2D eigenvalue weighted by molar-refractivity contribution is 0.0521. The number of hydrogen-bond donors (Lipinski definition) is 1. The van der Waals surface area contributed by atoms with E-state index in [1.807, 2.05) is 0 Å². The average Bonchev–Trinajstić information content (AvgIpc) is 2.71. The summed E-state index contributed by atoms with van der Waals surface area (Å²) in [6.45, 7) is 5.13. The normalized spacial score (nSPS) is 10.9. The summed E-state index contributed by atoms with van der Waals surface area (Å²) < 4.78 is 29.2. The minimum Gasteiger partial charge on any atom is -0.465 e. The molecule has 0 unspecified atom stereocenters. The van der Waals surface area contributed by atoms with Crippen LogP contribution in [-0.2, 0) is 20.8 Å². The van der Waals surface area contributed by atoms with Crippen LogP contribution < -0.4 is 5.32 Å². The summed E-state index contributed by atoms with van der Waals surface area (Å²) in [6, 6.07) is 7.03. The van der Waals surface area contributed by atoms with Crippen molar-refractivity contribution in [1.82, 2.24) is 5.32 Å². The van der Waals surface area contributed by atoms with Crippen molar-refractivity contribution >= 4 is 34.0 Å². The van der Waals surface area contributed by atoms with Crippen molar-refractivity contribution < 1.29 is 33.0 Å². The standard InChI is InChI=1S/C22H23BrFNO6/c1-22(2,3)31-21(28)25-11-13-8-12(19(26)29-4)6-7-14(13)15-10-18(24)17(23)9-16(15)20(27)30-5/h6-10H,11H2,1-5H3,(H,25,28). The number of hydrogen-bond acceptors (Lipinski definition) is 6. The van der Waals surface area contributed by atoms with E-state index < -0.39 is 29.5 Å². The van der Waals surface area contributed by atoms with Gasteiger partial charge in [-0.25, -0.2) is 18.8 Å². The number of halogens is 2. The van der Waals surface area contributed by atoms with Crippen LogP contribution in [0.25, 0.3) is 11.1 Å². The fourth-order valence-corrected chi connectivity index (χ4v) is 3.12. The second-order valence-corrected chi connectivity index (χ2v) is 8.38. The molecule has 0 fully saturated rings. The maximum absolute atomic E-state index is 14.3. The number of alkyl carbamates (subject to hydrolysis) is 1. The molecule has 9 heteroatoms. The number of rotatable bonds is 5. The van der Waals surface area contributed by atoms with Crippen LogP contribution in [0, 0.1) is 5.82 Å². The van der Waals surface area contributed by atoms with E-state index in [1.165, 1.54) is 38.5 Å². The highest BCUT2D eigenvalue weighted by Gasteiger charge is 2.21. The van der Waals surface area contributed by atoms with E-state index in [0.717, 1.165) is 0 Å². The minimum absolute atomic E-state index is 0.0482. The topological polar surface area (TPSA) is 90.9 Å². The summed E-state index contributed by atoms with van der Waals surface area (Å²) >= 11 is 3.07. The predicted molar refractivity (Wildman–Crippen MR) is 115 cm³/mol.